The van der Waals surface area contributed by atoms with Crippen LogP contribution in [0.15, 0.2) is 82.7 Å². The summed E-state index contributed by atoms with van der Waals surface area (Å²) < 4.78 is 10.8. The van der Waals surface area contributed by atoms with E-state index in [1.807, 2.05) is 24.3 Å². The van der Waals surface area contributed by atoms with Gasteiger partial charge in [0, 0.05) is 7.05 Å². The molecular formula is C28H24N2O6S. The summed E-state index contributed by atoms with van der Waals surface area (Å²) in [5.41, 5.74) is 2.98. The summed E-state index contributed by atoms with van der Waals surface area (Å²) in [4.78, 5) is 42.1. The summed E-state index contributed by atoms with van der Waals surface area (Å²) in [7, 11) is 1.67. The molecule has 4 rings (SSSR count). The summed E-state index contributed by atoms with van der Waals surface area (Å²) in [6.45, 7) is 2.37. The van der Waals surface area contributed by atoms with Crippen molar-refractivity contribution in [3.63, 3.8) is 0 Å². The molecule has 37 heavy (non-hydrogen) atoms. The molecule has 0 bridgehead atoms. The third-order valence-electron chi connectivity index (χ3n) is 5.39. The average molecular weight is 517 g/mol. The quantitative estimate of drug-likeness (QED) is 0.317. The molecule has 1 saturated heterocycles. The molecule has 188 valence electrons. The van der Waals surface area contributed by atoms with E-state index in [2.05, 4.69) is 4.99 Å². The molecular weight excluding hydrogens is 492 g/mol. The summed E-state index contributed by atoms with van der Waals surface area (Å²) in [5.74, 6) is -0.858. The maximum atomic E-state index is 12.8. The zero-order valence-corrected chi connectivity index (χ0v) is 21.0. The van der Waals surface area contributed by atoms with Crippen molar-refractivity contribution in [2.75, 3.05) is 13.7 Å². The van der Waals surface area contributed by atoms with Gasteiger partial charge in [0.2, 0.25) is 0 Å². The second kappa shape index (κ2) is 11.6. The molecule has 1 fully saturated rings. The summed E-state index contributed by atoms with van der Waals surface area (Å²) >= 11 is 1.27. The maximum absolute atomic E-state index is 12.8. The smallest absolute Gasteiger partial charge is 0.338 e. The van der Waals surface area contributed by atoms with Gasteiger partial charge in [-0.2, -0.15) is 0 Å². The van der Waals surface area contributed by atoms with Gasteiger partial charge in [-0.3, -0.25) is 9.69 Å². The lowest BCUT2D eigenvalue weighted by Crippen LogP contribution is -2.23. The molecule has 0 aliphatic carbocycles. The number of nitrogens with zero attached hydrogens (tertiary/aromatic N) is 2. The lowest BCUT2D eigenvalue weighted by molar-refractivity contribution is -0.121. The van der Waals surface area contributed by atoms with E-state index in [9.17, 15) is 14.4 Å². The molecule has 3 aromatic rings. The Morgan fingerprint density at radius 2 is 1.62 bits per heavy atom. The third kappa shape index (κ3) is 6.45. The largest absolute Gasteiger partial charge is 0.489 e. The molecule has 0 spiro atoms. The number of thioether (sulfide) groups is 1. The molecule has 0 atom stereocenters. The highest BCUT2D eigenvalue weighted by atomic mass is 32.2. The number of ether oxygens (including phenoxy) is 2. The van der Waals surface area contributed by atoms with Crippen molar-refractivity contribution in [2.24, 2.45) is 4.99 Å². The molecule has 0 unspecified atom stereocenters. The molecule has 1 heterocycles. The fraction of sp³-hybridized carbons (Fsp3) is 0.143. The van der Waals surface area contributed by atoms with Crippen LogP contribution in [0.2, 0.25) is 0 Å². The van der Waals surface area contributed by atoms with Gasteiger partial charge in [0.15, 0.2) is 5.17 Å². The molecule has 1 N–H and O–H groups in total. The lowest BCUT2D eigenvalue weighted by Gasteiger charge is -2.07. The van der Waals surface area contributed by atoms with Crippen LogP contribution < -0.4 is 4.74 Å². The van der Waals surface area contributed by atoms with E-state index >= 15 is 0 Å². The first-order chi connectivity index (χ1) is 17.8. The molecule has 1 amide bonds. The first-order valence-electron chi connectivity index (χ1n) is 11.4. The normalized spacial score (nSPS) is 15.3. The van der Waals surface area contributed by atoms with Gasteiger partial charge in [-0.25, -0.2) is 14.6 Å². The van der Waals surface area contributed by atoms with E-state index in [4.69, 9.17) is 14.6 Å². The molecule has 0 radical (unpaired) electrons. The minimum atomic E-state index is -0.967. The average Bonchev–Trinajstić information content (AvgIpc) is 3.16. The second-order valence-electron chi connectivity index (χ2n) is 8.00. The van der Waals surface area contributed by atoms with Crippen LogP contribution in [-0.2, 0) is 16.1 Å². The van der Waals surface area contributed by atoms with E-state index in [0.29, 0.717) is 40.3 Å². The number of carboxylic acids is 1. The standard InChI is InChI=1S/C28H24N2O6S/c1-3-35-27(34)21-10-12-22(13-11-21)29-28-30(2)25(31)24(37-28)16-18-6-14-23(15-7-18)36-17-19-4-8-20(9-5-19)26(32)33/h4-16H,3,17H2,1-2H3,(H,32,33)/b24-16-,29-28?. The number of amides is 1. The number of benzene rings is 3. The highest BCUT2D eigenvalue weighted by molar-refractivity contribution is 8.18. The van der Waals surface area contributed by atoms with Gasteiger partial charge >= 0.3 is 11.9 Å². The number of carbonyl (C=O) groups is 3. The molecule has 1 aliphatic heterocycles. The Balaban J connectivity index is 1.39. The van der Waals surface area contributed by atoms with E-state index in [0.717, 1.165) is 11.1 Å². The van der Waals surface area contributed by atoms with Gasteiger partial charge in [-0.05, 0) is 84.4 Å². The molecule has 9 heteroatoms. The minimum Gasteiger partial charge on any atom is -0.489 e. The van der Waals surface area contributed by atoms with Crippen molar-refractivity contribution in [1.29, 1.82) is 0 Å². The Bertz CT molecular complexity index is 1360. The zero-order valence-electron chi connectivity index (χ0n) is 20.2. The van der Waals surface area contributed by atoms with Crippen LogP contribution in [0.25, 0.3) is 6.08 Å². The van der Waals surface area contributed by atoms with Crippen LogP contribution in [-0.4, -0.2) is 46.7 Å². The number of hydrogen-bond acceptors (Lipinski definition) is 7. The zero-order chi connectivity index (χ0) is 26.4. The molecule has 3 aromatic carbocycles. The van der Waals surface area contributed by atoms with Crippen molar-refractivity contribution in [3.05, 3.63) is 100.0 Å². The van der Waals surface area contributed by atoms with E-state index in [1.54, 1.807) is 68.6 Å². The summed E-state index contributed by atoms with van der Waals surface area (Å²) in [6, 6.07) is 20.6. The fourth-order valence-electron chi connectivity index (χ4n) is 3.37. The Labute approximate surface area is 218 Å². The number of carbonyl (C=O) groups excluding carboxylic acids is 2. The van der Waals surface area contributed by atoms with Crippen molar-refractivity contribution >= 4 is 46.5 Å². The lowest BCUT2D eigenvalue weighted by atomic mass is 10.1. The number of carboxylic acid groups (broad SMARTS) is 1. The second-order valence-corrected chi connectivity index (χ2v) is 9.01. The number of aliphatic imine (C=N–C) groups is 1. The number of amidine groups is 1. The van der Waals surface area contributed by atoms with Gasteiger partial charge in [0.25, 0.3) is 5.91 Å². The van der Waals surface area contributed by atoms with E-state index < -0.39 is 5.97 Å². The van der Waals surface area contributed by atoms with Crippen molar-refractivity contribution in [1.82, 2.24) is 4.90 Å². The number of likely N-dealkylation sites (N-methyl/N-ethyl adjacent to an activating group) is 1. The fourth-order valence-corrected chi connectivity index (χ4v) is 4.36. The van der Waals surface area contributed by atoms with Gasteiger partial charge in [-0.1, -0.05) is 24.3 Å². The van der Waals surface area contributed by atoms with Crippen LogP contribution in [0, 0.1) is 0 Å². The van der Waals surface area contributed by atoms with Crippen LogP contribution in [0.5, 0.6) is 5.75 Å². The number of aromatic carboxylic acids is 1. The summed E-state index contributed by atoms with van der Waals surface area (Å²) in [5, 5.41) is 9.52. The van der Waals surface area contributed by atoms with Crippen LogP contribution >= 0.6 is 11.8 Å². The highest BCUT2D eigenvalue weighted by Crippen LogP contribution is 2.33. The molecule has 0 aromatic heterocycles. The van der Waals surface area contributed by atoms with Crippen LogP contribution in [0.1, 0.15) is 38.8 Å². The highest BCUT2D eigenvalue weighted by Gasteiger charge is 2.30. The van der Waals surface area contributed by atoms with Crippen molar-refractivity contribution < 1.29 is 29.0 Å². The number of esters is 1. The van der Waals surface area contributed by atoms with E-state index in [1.165, 1.54) is 16.7 Å². The topological polar surface area (TPSA) is 106 Å². The Morgan fingerprint density at radius 1 is 0.973 bits per heavy atom. The van der Waals surface area contributed by atoms with Crippen molar-refractivity contribution in [3.8, 4) is 5.75 Å². The van der Waals surface area contributed by atoms with Gasteiger partial charge < -0.3 is 14.6 Å². The molecule has 8 nitrogen and oxygen atoms in total. The third-order valence-corrected chi connectivity index (χ3v) is 6.45. The Hall–Kier alpha value is -4.37. The summed E-state index contributed by atoms with van der Waals surface area (Å²) in [6.07, 6.45) is 1.80. The molecule has 0 saturated carbocycles. The van der Waals surface area contributed by atoms with E-state index in [-0.39, 0.29) is 17.4 Å². The Kier molecular flexibility index (Phi) is 8.05. The Morgan fingerprint density at radius 3 is 2.24 bits per heavy atom. The minimum absolute atomic E-state index is 0.156. The van der Waals surface area contributed by atoms with Crippen LogP contribution in [0.4, 0.5) is 5.69 Å². The van der Waals surface area contributed by atoms with Gasteiger partial charge in [0.1, 0.15) is 12.4 Å². The van der Waals surface area contributed by atoms with Crippen LogP contribution in [0.3, 0.4) is 0 Å². The first-order valence-corrected chi connectivity index (χ1v) is 12.2. The van der Waals surface area contributed by atoms with Gasteiger partial charge in [-0.15, -0.1) is 0 Å². The van der Waals surface area contributed by atoms with Crippen molar-refractivity contribution in [2.45, 2.75) is 13.5 Å². The predicted molar refractivity (Wildman–Crippen MR) is 142 cm³/mol. The predicted octanol–water partition coefficient (Wildman–Crippen LogP) is 5.37. The number of rotatable bonds is 8. The number of hydrogen-bond donors (Lipinski definition) is 1. The monoisotopic (exact) mass is 516 g/mol. The van der Waals surface area contributed by atoms with Gasteiger partial charge in [0.05, 0.1) is 28.3 Å². The first kappa shape index (κ1) is 25.7. The maximum Gasteiger partial charge on any atom is 0.338 e. The SMILES string of the molecule is CCOC(=O)c1ccc(N=C2S/C(=C\c3ccc(OCc4ccc(C(=O)O)cc4)cc3)C(=O)N2C)cc1. The molecule has 1 aliphatic rings.